The second kappa shape index (κ2) is 11.8. The molecule has 0 unspecified atom stereocenters. The highest BCUT2D eigenvalue weighted by Crippen LogP contribution is 2.00. The highest BCUT2D eigenvalue weighted by atomic mass is 35.5. The average molecular weight is 203 g/mol. The second-order valence-electron chi connectivity index (χ2n) is 3.03. The molecule has 76 valence electrons. The van der Waals surface area contributed by atoms with Crippen molar-refractivity contribution in [3.05, 3.63) is 0 Å². The van der Waals surface area contributed by atoms with Crippen LogP contribution in [0.3, 0.4) is 0 Å². The van der Waals surface area contributed by atoms with E-state index in [0.717, 1.165) is 38.0 Å². The zero-order valence-electron chi connectivity index (χ0n) is 8.19. The number of halogens is 1. The van der Waals surface area contributed by atoms with Crippen molar-refractivity contribution in [2.75, 3.05) is 12.5 Å². The van der Waals surface area contributed by atoms with Gasteiger partial charge in [-0.05, 0) is 25.7 Å². The Morgan fingerprint density at radius 2 is 1.46 bits per heavy atom. The number of hydrogen-bond donors (Lipinski definition) is 1. The molecule has 0 atom stereocenters. The Kier molecular flexibility index (Phi) is 11.6. The van der Waals surface area contributed by atoms with Crippen molar-refractivity contribution >= 4 is 11.6 Å². The number of alkyl halides is 1. The Morgan fingerprint density at radius 3 is 2.00 bits per heavy atom. The molecule has 0 aliphatic heterocycles. The molecule has 0 saturated heterocycles. The molecule has 0 aromatic carbocycles. The van der Waals surface area contributed by atoms with Crippen LogP contribution in [0.25, 0.3) is 0 Å². The van der Waals surface area contributed by atoms with E-state index in [-0.39, 0.29) is 6.61 Å². The summed E-state index contributed by atoms with van der Waals surface area (Å²) in [7, 11) is 0. The van der Waals surface area contributed by atoms with Gasteiger partial charge in [-0.3, -0.25) is 0 Å². The minimum atomic E-state index is 0.289. The predicted molar refractivity (Wildman–Crippen MR) is 57.9 cm³/mol. The highest BCUT2D eigenvalue weighted by Gasteiger charge is 1.85. The summed E-state index contributed by atoms with van der Waals surface area (Å²) < 4.78 is 0. The van der Waals surface area contributed by atoms with Gasteiger partial charge >= 0.3 is 0 Å². The van der Waals surface area contributed by atoms with Crippen LogP contribution in [0.2, 0.25) is 0 Å². The lowest BCUT2D eigenvalue weighted by Crippen LogP contribution is -1.80. The SMILES string of the molecule is OCCCCC#CCCCCCCl. The summed E-state index contributed by atoms with van der Waals surface area (Å²) in [6.45, 7) is 0.289. The standard InChI is InChI=1S/C11H19ClO/c12-10-8-6-4-2-1-3-5-7-9-11-13/h13H,2,4-11H2. The number of aliphatic hydroxyl groups excluding tert-OH is 1. The first-order valence-electron chi connectivity index (χ1n) is 5.04. The van der Waals surface area contributed by atoms with Crippen molar-refractivity contribution < 1.29 is 5.11 Å². The molecule has 0 radical (unpaired) electrons. The third kappa shape index (κ3) is 11.8. The minimum absolute atomic E-state index is 0.289. The fourth-order valence-corrected chi connectivity index (χ4v) is 1.18. The van der Waals surface area contributed by atoms with Gasteiger partial charge in [-0.25, -0.2) is 0 Å². The van der Waals surface area contributed by atoms with E-state index < -0.39 is 0 Å². The van der Waals surface area contributed by atoms with Crippen LogP contribution in [0, 0.1) is 11.8 Å². The molecule has 0 saturated carbocycles. The minimum Gasteiger partial charge on any atom is -0.396 e. The number of aliphatic hydroxyl groups is 1. The molecule has 0 amide bonds. The van der Waals surface area contributed by atoms with Crippen molar-refractivity contribution in [3.63, 3.8) is 0 Å². The Labute approximate surface area is 86.5 Å². The van der Waals surface area contributed by atoms with Crippen LogP contribution < -0.4 is 0 Å². The van der Waals surface area contributed by atoms with E-state index in [1.807, 2.05) is 0 Å². The molecule has 0 rings (SSSR count). The summed E-state index contributed by atoms with van der Waals surface area (Å²) >= 11 is 5.54. The Morgan fingerprint density at radius 1 is 0.846 bits per heavy atom. The van der Waals surface area contributed by atoms with Gasteiger partial charge in [-0.15, -0.1) is 23.4 Å². The molecule has 0 aliphatic carbocycles. The van der Waals surface area contributed by atoms with Crippen LogP contribution in [0.4, 0.5) is 0 Å². The van der Waals surface area contributed by atoms with Crippen LogP contribution in [0.5, 0.6) is 0 Å². The van der Waals surface area contributed by atoms with Crippen LogP contribution >= 0.6 is 11.6 Å². The third-order valence-corrected chi connectivity index (χ3v) is 2.04. The molecule has 1 nitrogen and oxygen atoms in total. The topological polar surface area (TPSA) is 20.2 Å². The van der Waals surface area contributed by atoms with Gasteiger partial charge in [0.05, 0.1) is 0 Å². The lowest BCUT2D eigenvalue weighted by Gasteiger charge is -1.91. The molecular formula is C11H19ClO. The molecule has 1 N–H and O–H groups in total. The van der Waals surface area contributed by atoms with Crippen LogP contribution in [0.1, 0.15) is 44.9 Å². The van der Waals surface area contributed by atoms with Gasteiger partial charge in [-0.1, -0.05) is 6.42 Å². The molecule has 0 bridgehead atoms. The van der Waals surface area contributed by atoms with Gasteiger partial charge in [0, 0.05) is 25.3 Å². The average Bonchev–Trinajstić information content (AvgIpc) is 2.16. The van der Waals surface area contributed by atoms with E-state index in [4.69, 9.17) is 16.7 Å². The molecule has 0 fully saturated rings. The van der Waals surface area contributed by atoms with Gasteiger partial charge < -0.3 is 5.11 Å². The van der Waals surface area contributed by atoms with Crippen molar-refractivity contribution in [2.45, 2.75) is 44.9 Å². The highest BCUT2D eigenvalue weighted by molar-refractivity contribution is 6.17. The van der Waals surface area contributed by atoms with E-state index in [0.29, 0.717) is 0 Å². The molecule has 0 spiro atoms. The van der Waals surface area contributed by atoms with E-state index in [9.17, 15) is 0 Å². The summed E-state index contributed by atoms with van der Waals surface area (Å²) in [6.07, 6.45) is 7.28. The quantitative estimate of drug-likeness (QED) is 0.382. The number of unbranched alkanes of at least 4 members (excludes halogenated alkanes) is 5. The van der Waals surface area contributed by atoms with Crippen molar-refractivity contribution in [2.24, 2.45) is 0 Å². The molecular weight excluding hydrogens is 184 g/mol. The number of rotatable bonds is 7. The Bertz CT molecular complexity index is 146. The van der Waals surface area contributed by atoms with E-state index in [1.165, 1.54) is 12.8 Å². The van der Waals surface area contributed by atoms with E-state index in [2.05, 4.69) is 11.8 Å². The maximum atomic E-state index is 8.51. The molecule has 0 aromatic heterocycles. The van der Waals surface area contributed by atoms with Crippen molar-refractivity contribution in [1.29, 1.82) is 0 Å². The zero-order chi connectivity index (χ0) is 9.78. The monoisotopic (exact) mass is 202 g/mol. The number of hydrogen-bond acceptors (Lipinski definition) is 1. The summed E-state index contributed by atoms with van der Waals surface area (Å²) in [5.74, 6) is 7.00. The van der Waals surface area contributed by atoms with Gasteiger partial charge in [0.15, 0.2) is 0 Å². The lowest BCUT2D eigenvalue weighted by atomic mass is 10.2. The van der Waals surface area contributed by atoms with E-state index >= 15 is 0 Å². The molecule has 0 heterocycles. The molecule has 0 aliphatic rings. The van der Waals surface area contributed by atoms with Gasteiger partial charge in [-0.2, -0.15) is 0 Å². The Hall–Kier alpha value is -0.190. The van der Waals surface area contributed by atoms with Crippen molar-refractivity contribution in [3.8, 4) is 11.8 Å². The fraction of sp³-hybridized carbons (Fsp3) is 0.818. The van der Waals surface area contributed by atoms with E-state index in [1.54, 1.807) is 0 Å². The normalized spacial score (nSPS) is 9.38. The van der Waals surface area contributed by atoms with Crippen LogP contribution in [-0.4, -0.2) is 17.6 Å². The molecule has 13 heavy (non-hydrogen) atoms. The van der Waals surface area contributed by atoms with Crippen LogP contribution in [-0.2, 0) is 0 Å². The summed E-state index contributed by atoms with van der Waals surface area (Å²) in [4.78, 5) is 0. The van der Waals surface area contributed by atoms with Gasteiger partial charge in [0.2, 0.25) is 0 Å². The molecule has 2 heteroatoms. The second-order valence-corrected chi connectivity index (χ2v) is 3.41. The molecule has 0 aromatic rings. The Balaban J connectivity index is 3.02. The first-order chi connectivity index (χ1) is 6.41. The first kappa shape index (κ1) is 12.8. The van der Waals surface area contributed by atoms with Crippen molar-refractivity contribution in [1.82, 2.24) is 0 Å². The summed E-state index contributed by atoms with van der Waals surface area (Å²) in [5.41, 5.74) is 0. The van der Waals surface area contributed by atoms with Gasteiger partial charge in [0.1, 0.15) is 0 Å². The van der Waals surface area contributed by atoms with Crippen LogP contribution in [0.15, 0.2) is 0 Å². The summed E-state index contributed by atoms with van der Waals surface area (Å²) in [6, 6.07) is 0. The smallest absolute Gasteiger partial charge is 0.0431 e. The summed E-state index contributed by atoms with van der Waals surface area (Å²) in [5, 5.41) is 8.51. The third-order valence-electron chi connectivity index (χ3n) is 1.77. The zero-order valence-corrected chi connectivity index (χ0v) is 8.95. The largest absolute Gasteiger partial charge is 0.396 e. The maximum Gasteiger partial charge on any atom is 0.0431 e. The van der Waals surface area contributed by atoms with Gasteiger partial charge in [0.25, 0.3) is 0 Å². The maximum absolute atomic E-state index is 8.51. The predicted octanol–water partition coefficient (Wildman–Crippen LogP) is 2.95. The first-order valence-corrected chi connectivity index (χ1v) is 5.58. The fourth-order valence-electron chi connectivity index (χ4n) is 0.987. The lowest BCUT2D eigenvalue weighted by molar-refractivity contribution is 0.285.